The number of aromatic nitrogens is 1. The predicted octanol–water partition coefficient (Wildman–Crippen LogP) is 3.36. The van der Waals surface area contributed by atoms with Crippen molar-refractivity contribution in [1.82, 2.24) is 4.98 Å². The zero-order chi connectivity index (χ0) is 12.4. The molecule has 0 spiro atoms. The van der Waals surface area contributed by atoms with Crippen molar-refractivity contribution in [2.75, 3.05) is 11.9 Å². The van der Waals surface area contributed by atoms with E-state index in [9.17, 15) is 4.39 Å². The Kier molecular flexibility index (Phi) is 2.81. The SMILES string of the molecule is Fc1ccc(/C=C/c2ccnc3c2CCN3)cc1. The summed E-state index contributed by atoms with van der Waals surface area (Å²) in [7, 11) is 0. The van der Waals surface area contributed by atoms with Gasteiger partial charge in [0.25, 0.3) is 0 Å². The van der Waals surface area contributed by atoms with Gasteiger partial charge in [-0.15, -0.1) is 0 Å². The van der Waals surface area contributed by atoms with E-state index in [0.717, 1.165) is 24.3 Å². The third-order valence-electron chi connectivity index (χ3n) is 3.08. The number of hydrogen-bond donors (Lipinski definition) is 1. The summed E-state index contributed by atoms with van der Waals surface area (Å²) in [5.74, 6) is 0.775. The molecule has 3 heteroatoms. The van der Waals surface area contributed by atoms with Crippen LogP contribution in [0.15, 0.2) is 36.5 Å². The van der Waals surface area contributed by atoms with Crippen molar-refractivity contribution in [3.8, 4) is 0 Å². The summed E-state index contributed by atoms with van der Waals surface area (Å²) >= 11 is 0. The minimum absolute atomic E-state index is 0.207. The minimum Gasteiger partial charge on any atom is -0.369 e. The normalized spacial score (nSPS) is 13.6. The van der Waals surface area contributed by atoms with Gasteiger partial charge in [0, 0.05) is 18.3 Å². The molecule has 1 aliphatic heterocycles. The second-order valence-electron chi connectivity index (χ2n) is 4.29. The lowest BCUT2D eigenvalue weighted by Gasteiger charge is -2.02. The van der Waals surface area contributed by atoms with Crippen LogP contribution in [0.5, 0.6) is 0 Å². The van der Waals surface area contributed by atoms with Crippen LogP contribution in [0.1, 0.15) is 16.7 Å². The van der Waals surface area contributed by atoms with Gasteiger partial charge in [-0.1, -0.05) is 24.3 Å². The van der Waals surface area contributed by atoms with Crippen LogP contribution in [0, 0.1) is 5.82 Å². The summed E-state index contributed by atoms with van der Waals surface area (Å²) in [6.07, 6.45) is 6.86. The summed E-state index contributed by atoms with van der Waals surface area (Å²) in [5, 5.41) is 3.25. The molecule has 0 bridgehead atoms. The molecule has 0 atom stereocenters. The largest absolute Gasteiger partial charge is 0.369 e. The molecule has 2 aromatic rings. The lowest BCUT2D eigenvalue weighted by atomic mass is 10.1. The van der Waals surface area contributed by atoms with Crippen molar-refractivity contribution in [2.24, 2.45) is 0 Å². The number of anilines is 1. The fourth-order valence-corrected chi connectivity index (χ4v) is 2.14. The van der Waals surface area contributed by atoms with Crippen molar-refractivity contribution >= 4 is 18.0 Å². The van der Waals surface area contributed by atoms with E-state index in [4.69, 9.17) is 0 Å². The highest BCUT2D eigenvalue weighted by atomic mass is 19.1. The van der Waals surface area contributed by atoms with Crippen LogP contribution in [-0.2, 0) is 6.42 Å². The number of halogens is 1. The van der Waals surface area contributed by atoms with Gasteiger partial charge < -0.3 is 5.32 Å². The average Bonchev–Trinajstić information content (AvgIpc) is 2.87. The average molecular weight is 240 g/mol. The lowest BCUT2D eigenvalue weighted by Crippen LogP contribution is -1.92. The summed E-state index contributed by atoms with van der Waals surface area (Å²) in [6, 6.07) is 8.49. The van der Waals surface area contributed by atoms with Gasteiger partial charge in [-0.25, -0.2) is 9.37 Å². The molecule has 2 nitrogen and oxygen atoms in total. The maximum Gasteiger partial charge on any atom is 0.129 e. The van der Waals surface area contributed by atoms with Crippen molar-refractivity contribution in [3.63, 3.8) is 0 Å². The maximum atomic E-state index is 12.8. The topological polar surface area (TPSA) is 24.9 Å². The molecule has 0 saturated carbocycles. The highest BCUT2D eigenvalue weighted by molar-refractivity contribution is 5.74. The van der Waals surface area contributed by atoms with E-state index >= 15 is 0 Å². The van der Waals surface area contributed by atoms with Gasteiger partial charge in [0.15, 0.2) is 0 Å². The summed E-state index contributed by atoms with van der Waals surface area (Å²) in [4.78, 5) is 4.29. The van der Waals surface area contributed by atoms with E-state index in [0.29, 0.717) is 0 Å². The first kappa shape index (κ1) is 11.0. The Bertz CT molecular complexity index is 588. The zero-order valence-electron chi connectivity index (χ0n) is 9.86. The molecule has 0 saturated heterocycles. The standard InChI is InChI=1S/C15H13FN2/c16-13-5-2-11(3-6-13)1-4-12-7-9-17-15-14(12)8-10-18-15/h1-7,9H,8,10H2,(H,17,18)/b4-1+. The number of rotatable bonds is 2. The highest BCUT2D eigenvalue weighted by Crippen LogP contribution is 2.24. The monoisotopic (exact) mass is 240 g/mol. The predicted molar refractivity (Wildman–Crippen MR) is 71.8 cm³/mol. The Morgan fingerprint density at radius 3 is 2.78 bits per heavy atom. The molecule has 1 aliphatic rings. The second-order valence-corrected chi connectivity index (χ2v) is 4.29. The second kappa shape index (κ2) is 4.61. The molecule has 3 rings (SSSR count). The van der Waals surface area contributed by atoms with Gasteiger partial charge in [-0.2, -0.15) is 0 Å². The van der Waals surface area contributed by atoms with E-state index < -0.39 is 0 Å². The summed E-state index contributed by atoms with van der Waals surface area (Å²) < 4.78 is 12.8. The van der Waals surface area contributed by atoms with Gasteiger partial charge >= 0.3 is 0 Å². The van der Waals surface area contributed by atoms with Crippen molar-refractivity contribution in [3.05, 3.63) is 59.0 Å². The molecular formula is C15H13FN2. The molecule has 0 aliphatic carbocycles. The number of hydrogen-bond acceptors (Lipinski definition) is 2. The number of pyridine rings is 1. The molecule has 0 amide bonds. The minimum atomic E-state index is -0.207. The third kappa shape index (κ3) is 2.12. The van der Waals surface area contributed by atoms with Gasteiger partial charge in [0.05, 0.1) is 0 Å². The van der Waals surface area contributed by atoms with Gasteiger partial charge in [0.1, 0.15) is 11.6 Å². The fraction of sp³-hybridized carbons (Fsp3) is 0.133. The Balaban J connectivity index is 1.89. The maximum absolute atomic E-state index is 12.8. The van der Waals surface area contributed by atoms with Crippen LogP contribution in [0.2, 0.25) is 0 Å². The Labute approximate surface area is 105 Å². The van der Waals surface area contributed by atoms with Crippen LogP contribution in [-0.4, -0.2) is 11.5 Å². The van der Waals surface area contributed by atoms with E-state index in [1.54, 1.807) is 12.1 Å². The van der Waals surface area contributed by atoms with Gasteiger partial charge in [-0.05, 0) is 35.7 Å². The van der Waals surface area contributed by atoms with Crippen molar-refractivity contribution in [2.45, 2.75) is 6.42 Å². The Morgan fingerprint density at radius 2 is 1.94 bits per heavy atom. The molecule has 0 unspecified atom stereocenters. The molecule has 18 heavy (non-hydrogen) atoms. The lowest BCUT2D eigenvalue weighted by molar-refractivity contribution is 0.628. The van der Waals surface area contributed by atoms with Crippen molar-refractivity contribution < 1.29 is 4.39 Å². The van der Waals surface area contributed by atoms with Crippen LogP contribution in [0.25, 0.3) is 12.2 Å². The highest BCUT2D eigenvalue weighted by Gasteiger charge is 2.13. The first-order valence-corrected chi connectivity index (χ1v) is 5.98. The quantitative estimate of drug-likeness (QED) is 0.870. The van der Waals surface area contributed by atoms with Gasteiger partial charge in [-0.3, -0.25) is 0 Å². The van der Waals surface area contributed by atoms with E-state index in [1.807, 2.05) is 18.3 Å². The van der Waals surface area contributed by atoms with E-state index in [2.05, 4.69) is 16.4 Å². The van der Waals surface area contributed by atoms with Crippen LogP contribution in [0.3, 0.4) is 0 Å². The Hall–Kier alpha value is -2.16. The zero-order valence-corrected chi connectivity index (χ0v) is 9.86. The number of nitrogens with zero attached hydrogens (tertiary/aromatic N) is 1. The molecule has 1 N–H and O–H groups in total. The molecule has 1 aromatic carbocycles. The molecule has 2 heterocycles. The molecular weight excluding hydrogens is 227 g/mol. The van der Waals surface area contributed by atoms with E-state index in [1.165, 1.54) is 23.3 Å². The summed E-state index contributed by atoms with van der Waals surface area (Å²) in [5.41, 5.74) is 3.43. The summed E-state index contributed by atoms with van der Waals surface area (Å²) in [6.45, 7) is 0.948. The molecule has 90 valence electrons. The molecule has 0 fully saturated rings. The van der Waals surface area contributed by atoms with Gasteiger partial charge in [0.2, 0.25) is 0 Å². The van der Waals surface area contributed by atoms with Crippen LogP contribution >= 0.6 is 0 Å². The van der Waals surface area contributed by atoms with Crippen molar-refractivity contribution in [1.29, 1.82) is 0 Å². The van der Waals surface area contributed by atoms with Crippen LogP contribution < -0.4 is 5.32 Å². The third-order valence-corrected chi connectivity index (χ3v) is 3.08. The fourth-order valence-electron chi connectivity index (χ4n) is 2.14. The Morgan fingerprint density at radius 1 is 1.11 bits per heavy atom. The number of fused-ring (bicyclic) bond motifs is 1. The molecule has 1 aromatic heterocycles. The van der Waals surface area contributed by atoms with E-state index in [-0.39, 0.29) is 5.82 Å². The molecule has 0 radical (unpaired) electrons. The number of nitrogens with one attached hydrogen (secondary N) is 1. The van der Waals surface area contributed by atoms with Crippen LogP contribution in [0.4, 0.5) is 10.2 Å². The first-order valence-electron chi connectivity index (χ1n) is 5.98. The number of benzene rings is 1. The smallest absolute Gasteiger partial charge is 0.129 e. The first-order chi connectivity index (χ1) is 8.83.